The van der Waals surface area contributed by atoms with Gasteiger partial charge in [0.2, 0.25) is 0 Å². The zero-order valence-electron chi connectivity index (χ0n) is 11.9. The van der Waals surface area contributed by atoms with E-state index in [0.29, 0.717) is 5.56 Å². The number of benzene rings is 2. The fourth-order valence-corrected chi connectivity index (χ4v) is 2.64. The predicted molar refractivity (Wildman–Crippen MR) is 86.8 cm³/mol. The van der Waals surface area contributed by atoms with Gasteiger partial charge in [-0.1, -0.05) is 35.9 Å². The van der Waals surface area contributed by atoms with Gasteiger partial charge in [0, 0.05) is 16.5 Å². The van der Waals surface area contributed by atoms with Crippen LogP contribution in [0.5, 0.6) is 0 Å². The minimum absolute atomic E-state index is 0.458. The number of aromatic nitrogens is 1. The molecule has 0 fully saturated rings. The number of halogens is 1. The number of fused-ring (bicyclic) bond motifs is 1. The van der Waals surface area contributed by atoms with Gasteiger partial charge in [0.1, 0.15) is 0 Å². The first kappa shape index (κ1) is 13.8. The summed E-state index contributed by atoms with van der Waals surface area (Å²) >= 11 is 5.75. The lowest BCUT2D eigenvalue weighted by atomic mass is 9.99. The molecule has 2 aromatic carbocycles. The van der Waals surface area contributed by atoms with Crippen molar-refractivity contribution < 1.29 is 4.79 Å². The van der Waals surface area contributed by atoms with Gasteiger partial charge < -0.3 is 0 Å². The molecule has 0 saturated carbocycles. The number of para-hydroxylation sites is 1. The zero-order chi connectivity index (χ0) is 15.0. The Balaban J connectivity index is 2.33. The summed E-state index contributed by atoms with van der Waals surface area (Å²) in [7, 11) is 0. The van der Waals surface area contributed by atoms with Gasteiger partial charge in [0.25, 0.3) is 5.24 Å². The molecule has 1 heterocycles. The van der Waals surface area contributed by atoms with E-state index in [1.165, 1.54) is 0 Å². The van der Waals surface area contributed by atoms with Gasteiger partial charge in [0.15, 0.2) is 0 Å². The van der Waals surface area contributed by atoms with E-state index in [4.69, 9.17) is 11.6 Å². The zero-order valence-corrected chi connectivity index (χ0v) is 12.6. The highest BCUT2D eigenvalue weighted by molar-refractivity contribution is 6.68. The lowest BCUT2D eigenvalue weighted by Gasteiger charge is -2.10. The largest absolute Gasteiger partial charge is 0.276 e. The van der Waals surface area contributed by atoms with E-state index in [0.717, 1.165) is 33.3 Å². The Kier molecular flexibility index (Phi) is 3.48. The van der Waals surface area contributed by atoms with Crippen LogP contribution < -0.4 is 0 Å². The molecule has 3 heteroatoms. The van der Waals surface area contributed by atoms with Gasteiger partial charge in [0.05, 0.1) is 11.2 Å². The molecule has 0 N–H and O–H groups in total. The molecular formula is C18H14ClNO. The van der Waals surface area contributed by atoms with Crippen molar-refractivity contribution >= 4 is 27.7 Å². The van der Waals surface area contributed by atoms with Crippen LogP contribution in [0.2, 0.25) is 0 Å². The van der Waals surface area contributed by atoms with Gasteiger partial charge in [-0.3, -0.25) is 4.79 Å². The SMILES string of the molecule is Cc1ccc(C)c(-c2cc(C(=O)Cl)c3ccccc3n2)c1. The summed E-state index contributed by atoms with van der Waals surface area (Å²) in [5, 5.41) is 0.326. The average Bonchev–Trinajstić information content (AvgIpc) is 2.48. The van der Waals surface area contributed by atoms with Crippen molar-refractivity contribution in [1.82, 2.24) is 4.98 Å². The number of nitrogens with zero attached hydrogens (tertiary/aromatic N) is 1. The molecule has 0 aliphatic heterocycles. The van der Waals surface area contributed by atoms with E-state index in [1.807, 2.05) is 38.1 Å². The second-order valence-electron chi connectivity index (χ2n) is 5.16. The van der Waals surface area contributed by atoms with Crippen LogP contribution in [0.25, 0.3) is 22.2 Å². The molecule has 21 heavy (non-hydrogen) atoms. The monoisotopic (exact) mass is 295 g/mol. The molecule has 3 rings (SSSR count). The van der Waals surface area contributed by atoms with E-state index in [2.05, 4.69) is 23.2 Å². The van der Waals surface area contributed by atoms with Crippen LogP contribution in [-0.4, -0.2) is 10.2 Å². The first-order valence-electron chi connectivity index (χ1n) is 6.73. The Labute approximate surface area is 128 Å². The van der Waals surface area contributed by atoms with E-state index >= 15 is 0 Å². The Bertz CT molecular complexity index is 855. The number of pyridine rings is 1. The number of carbonyl (C=O) groups excluding carboxylic acids is 1. The highest BCUT2D eigenvalue weighted by atomic mass is 35.5. The third-order valence-electron chi connectivity index (χ3n) is 3.60. The van der Waals surface area contributed by atoms with E-state index < -0.39 is 5.24 Å². The summed E-state index contributed by atoms with van der Waals surface area (Å²) in [6.45, 7) is 4.07. The van der Waals surface area contributed by atoms with Crippen LogP contribution in [0, 0.1) is 13.8 Å². The average molecular weight is 296 g/mol. The van der Waals surface area contributed by atoms with Crippen LogP contribution in [-0.2, 0) is 0 Å². The van der Waals surface area contributed by atoms with Crippen LogP contribution in [0.3, 0.4) is 0 Å². The van der Waals surface area contributed by atoms with Gasteiger partial charge in [-0.25, -0.2) is 4.98 Å². The number of hydrogen-bond donors (Lipinski definition) is 0. The van der Waals surface area contributed by atoms with Crippen molar-refractivity contribution in [3.05, 3.63) is 65.2 Å². The maximum Gasteiger partial charge on any atom is 0.253 e. The molecule has 0 spiro atoms. The first-order chi connectivity index (χ1) is 10.1. The van der Waals surface area contributed by atoms with Crippen molar-refractivity contribution in [2.75, 3.05) is 0 Å². The lowest BCUT2D eigenvalue weighted by Crippen LogP contribution is -1.96. The molecule has 2 nitrogen and oxygen atoms in total. The summed E-state index contributed by atoms with van der Waals surface area (Å²) < 4.78 is 0. The van der Waals surface area contributed by atoms with Crippen molar-refractivity contribution in [2.45, 2.75) is 13.8 Å². The summed E-state index contributed by atoms with van der Waals surface area (Å²) in [6, 6.07) is 15.5. The lowest BCUT2D eigenvalue weighted by molar-refractivity contribution is 0.108. The second-order valence-corrected chi connectivity index (χ2v) is 5.51. The highest BCUT2D eigenvalue weighted by Crippen LogP contribution is 2.28. The Hall–Kier alpha value is -2.19. The van der Waals surface area contributed by atoms with Crippen molar-refractivity contribution in [2.24, 2.45) is 0 Å². The summed E-state index contributed by atoms with van der Waals surface area (Å²) in [5.74, 6) is 0. The van der Waals surface area contributed by atoms with Crippen molar-refractivity contribution in [3.8, 4) is 11.3 Å². The molecule has 0 atom stereocenters. The van der Waals surface area contributed by atoms with Gasteiger partial charge in [-0.05, 0) is 49.2 Å². The Morgan fingerprint density at radius 3 is 2.57 bits per heavy atom. The van der Waals surface area contributed by atoms with Gasteiger partial charge in [-0.2, -0.15) is 0 Å². The topological polar surface area (TPSA) is 30.0 Å². The molecule has 0 aliphatic carbocycles. The maximum absolute atomic E-state index is 11.7. The Morgan fingerprint density at radius 1 is 1.05 bits per heavy atom. The molecule has 0 unspecified atom stereocenters. The van der Waals surface area contributed by atoms with Crippen LogP contribution >= 0.6 is 11.6 Å². The molecule has 0 bridgehead atoms. The number of aryl methyl sites for hydroxylation is 2. The van der Waals surface area contributed by atoms with Crippen molar-refractivity contribution in [1.29, 1.82) is 0 Å². The third-order valence-corrected chi connectivity index (χ3v) is 3.80. The normalized spacial score (nSPS) is 10.8. The third kappa shape index (κ3) is 2.55. The highest BCUT2D eigenvalue weighted by Gasteiger charge is 2.13. The molecule has 0 radical (unpaired) electrons. The summed E-state index contributed by atoms with van der Waals surface area (Å²) in [5.41, 5.74) is 5.36. The molecule has 0 saturated heterocycles. The van der Waals surface area contributed by atoms with Crippen LogP contribution in [0.4, 0.5) is 0 Å². The second kappa shape index (κ2) is 5.30. The summed E-state index contributed by atoms with van der Waals surface area (Å²) in [6.07, 6.45) is 0. The van der Waals surface area contributed by atoms with Crippen LogP contribution in [0.15, 0.2) is 48.5 Å². The summed E-state index contributed by atoms with van der Waals surface area (Å²) in [4.78, 5) is 16.4. The predicted octanol–water partition coefficient (Wildman–Crippen LogP) is 4.90. The standard InChI is InChI=1S/C18H14ClNO/c1-11-7-8-12(2)14(9-11)17-10-15(18(19)21)13-5-3-4-6-16(13)20-17/h3-10H,1-2H3. The fourth-order valence-electron chi connectivity index (χ4n) is 2.49. The van der Waals surface area contributed by atoms with Crippen LogP contribution in [0.1, 0.15) is 21.5 Å². The number of hydrogen-bond acceptors (Lipinski definition) is 2. The fraction of sp³-hybridized carbons (Fsp3) is 0.111. The Morgan fingerprint density at radius 2 is 1.81 bits per heavy atom. The maximum atomic E-state index is 11.7. The van der Waals surface area contributed by atoms with Crippen molar-refractivity contribution in [3.63, 3.8) is 0 Å². The first-order valence-corrected chi connectivity index (χ1v) is 7.11. The molecular weight excluding hydrogens is 282 g/mol. The molecule has 3 aromatic rings. The number of rotatable bonds is 2. The van der Waals surface area contributed by atoms with E-state index in [-0.39, 0.29) is 0 Å². The molecule has 0 amide bonds. The minimum atomic E-state index is -0.458. The quantitative estimate of drug-likeness (QED) is 0.630. The minimum Gasteiger partial charge on any atom is -0.276 e. The van der Waals surface area contributed by atoms with E-state index in [9.17, 15) is 4.79 Å². The van der Waals surface area contributed by atoms with Gasteiger partial charge >= 0.3 is 0 Å². The molecule has 0 aliphatic rings. The smallest absolute Gasteiger partial charge is 0.253 e. The van der Waals surface area contributed by atoms with Gasteiger partial charge in [-0.15, -0.1) is 0 Å². The molecule has 104 valence electrons. The number of carbonyl (C=O) groups is 1. The van der Waals surface area contributed by atoms with E-state index in [1.54, 1.807) is 6.07 Å². The molecule has 1 aromatic heterocycles.